The number of aliphatic hydroxyl groups excluding tert-OH is 1. The largest absolute Gasteiger partial charge is 0.458 e. The molecule has 7 fully saturated rings. The fraction of sp³-hybridized carbons (Fsp3) is 0.786. The van der Waals surface area contributed by atoms with Crippen LogP contribution in [-0.2, 0) is 38.1 Å². The van der Waals surface area contributed by atoms with E-state index < -0.39 is 92.6 Å². The van der Waals surface area contributed by atoms with Gasteiger partial charge in [0.1, 0.15) is 6.10 Å². The van der Waals surface area contributed by atoms with Crippen molar-refractivity contribution in [1.29, 1.82) is 0 Å². The minimum Gasteiger partial charge on any atom is -0.458 e. The first-order valence-corrected chi connectivity index (χ1v) is 13.8. The van der Waals surface area contributed by atoms with Gasteiger partial charge in [-0.05, 0) is 56.9 Å². The zero-order chi connectivity index (χ0) is 27.8. The molecular formula is C28H32O11. The zero-order valence-electron chi connectivity index (χ0n) is 22.0. The standard InChI is InChI=1S/C28H32O11/c1-22-10-16-24(3)28-18(22)19(31)27(39-28,36-11-13(22)20(32)37-16)17-12(6-8-26(28,35)21(33)38-24)23(2)15(30)5-4-7-25(23,34)9-14(17)29/h4-5,12-14,16-18,29,34-35H,6-11H2,1-3H3/t12-,13-,14+,16+,17-,18-,22+,23-,24-,25-,26+,27+,28-/m0/s1. The minimum absolute atomic E-state index is 0.00259. The first-order valence-electron chi connectivity index (χ1n) is 13.8. The fourth-order valence-corrected chi connectivity index (χ4v) is 10.6. The lowest BCUT2D eigenvalue weighted by Crippen LogP contribution is -2.79. The number of esters is 2. The van der Waals surface area contributed by atoms with Gasteiger partial charge in [0, 0.05) is 6.42 Å². The van der Waals surface area contributed by atoms with Crippen LogP contribution < -0.4 is 0 Å². The topological polar surface area (TPSA) is 166 Å². The van der Waals surface area contributed by atoms with Crippen molar-refractivity contribution in [2.75, 3.05) is 6.61 Å². The van der Waals surface area contributed by atoms with E-state index in [4.69, 9.17) is 18.9 Å². The number of hydrogen-bond donors (Lipinski definition) is 3. The van der Waals surface area contributed by atoms with Gasteiger partial charge in [0.2, 0.25) is 5.79 Å². The summed E-state index contributed by atoms with van der Waals surface area (Å²) in [5.41, 5.74) is -10.2. The lowest BCUT2D eigenvalue weighted by molar-refractivity contribution is -0.385. The maximum atomic E-state index is 14.9. The Morgan fingerprint density at radius 3 is 2.54 bits per heavy atom. The molecule has 8 rings (SSSR count). The van der Waals surface area contributed by atoms with E-state index in [-0.39, 0.29) is 44.5 Å². The summed E-state index contributed by atoms with van der Waals surface area (Å²) in [6.45, 7) is 4.68. The second-order valence-electron chi connectivity index (χ2n) is 13.8. The molecule has 0 aromatic carbocycles. The number of fused-ring (bicyclic) bond motifs is 5. The van der Waals surface area contributed by atoms with Crippen molar-refractivity contribution >= 4 is 23.5 Å². The summed E-state index contributed by atoms with van der Waals surface area (Å²) in [6, 6.07) is 0. The van der Waals surface area contributed by atoms with E-state index >= 15 is 0 Å². The number of carbonyl (C=O) groups excluding carboxylic acids is 4. The molecule has 11 heteroatoms. The van der Waals surface area contributed by atoms with Gasteiger partial charge in [0.05, 0.1) is 41.5 Å². The van der Waals surface area contributed by atoms with Crippen LogP contribution in [0.4, 0.5) is 0 Å². The van der Waals surface area contributed by atoms with E-state index in [1.807, 2.05) is 0 Å². The number of rotatable bonds is 0. The fourth-order valence-electron chi connectivity index (χ4n) is 10.6. The van der Waals surface area contributed by atoms with Crippen LogP contribution >= 0.6 is 0 Å². The zero-order valence-corrected chi connectivity index (χ0v) is 22.0. The molecule has 5 saturated heterocycles. The van der Waals surface area contributed by atoms with Crippen LogP contribution in [0.15, 0.2) is 12.2 Å². The van der Waals surface area contributed by atoms with Gasteiger partial charge in [-0.2, -0.15) is 0 Å². The molecule has 39 heavy (non-hydrogen) atoms. The summed E-state index contributed by atoms with van der Waals surface area (Å²) in [4.78, 5) is 55.5. The van der Waals surface area contributed by atoms with Crippen LogP contribution in [0.1, 0.15) is 52.9 Å². The summed E-state index contributed by atoms with van der Waals surface area (Å²) >= 11 is 0. The number of ketones is 2. The average molecular weight is 545 g/mol. The Labute approximate surface area is 223 Å². The number of ether oxygens (including phenoxy) is 4. The third-order valence-corrected chi connectivity index (χ3v) is 12.6. The summed E-state index contributed by atoms with van der Waals surface area (Å²) in [5.74, 6) is -8.83. The van der Waals surface area contributed by atoms with Gasteiger partial charge in [-0.1, -0.05) is 13.0 Å². The first kappa shape index (κ1) is 24.6. The van der Waals surface area contributed by atoms with Crippen LogP contribution in [0.2, 0.25) is 0 Å². The predicted octanol–water partition coefficient (Wildman–Crippen LogP) is -0.277. The number of hydrogen-bond acceptors (Lipinski definition) is 11. The second-order valence-corrected chi connectivity index (χ2v) is 13.8. The molecule has 0 amide bonds. The van der Waals surface area contributed by atoms with E-state index in [1.165, 1.54) is 13.0 Å². The molecule has 2 spiro atoms. The number of Topliss-reactive ketones (excluding diaryl/α,β-unsaturated/α-hetero) is 1. The molecule has 11 nitrogen and oxygen atoms in total. The molecule has 3 N–H and O–H groups in total. The van der Waals surface area contributed by atoms with Crippen molar-refractivity contribution in [3.63, 3.8) is 0 Å². The van der Waals surface area contributed by atoms with Crippen LogP contribution in [0, 0.1) is 34.5 Å². The van der Waals surface area contributed by atoms with E-state index in [0.29, 0.717) is 0 Å². The molecule has 2 saturated carbocycles. The van der Waals surface area contributed by atoms with Crippen LogP contribution in [0.3, 0.4) is 0 Å². The molecule has 13 atom stereocenters. The predicted molar refractivity (Wildman–Crippen MR) is 125 cm³/mol. The Morgan fingerprint density at radius 2 is 1.79 bits per heavy atom. The van der Waals surface area contributed by atoms with Crippen LogP contribution in [0.5, 0.6) is 0 Å². The highest BCUT2D eigenvalue weighted by atomic mass is 16.8. The molecule has 210 valence electrons. The van der Waals surface area contributed by atoms with Crippen LogP contribution in [-0.4, -0.2) is 85.8 Å². The summed E-state index contributed by atoms with van der Waals surface area (Å²) in [6.07, 6.45) is 0.531. The third kappa shape index (κ3) is 2.13. The van der Waals surface area contributed by atoms with E-state index in [2.05, 4.69) is 0 Å². The first-order chi connectivity index (χ1) is 18.2. The van der Waals surface area contributed by atoms with Crippen molar-refractivity contribution < 1.29 is 53.4 Å². The van der Waals surface area contributed by atoms with Crippen molar-refractivity contribution in [1.82, 2.24) is 0 Å². The quantitative estimate of drug-likeness (QED) is 0.344. The van der Waals surface area contributed by atoms with Gasteiger partial charge < -0.3 is 34.3 Å². The molecule has 5 bridgehead atoms. The van der Waals surface area contributed by atoms with E-state index in [1.54, 1.807) is 19.9 Å². The van der Waals surface area contributed by atoms with Crippen molar-refractivity contribution in [2.24, 2.45) is 34.5 Å². The highest BCUT2D eigenvalue weighted by molar-refractivity contribution is 6.00. The SMILES string of the molecule is C[C@@]12C[C@H]3OC(=O)[C@@H]1CO[C@]14O[C@]5([C@H]2C1=O)[C@@](O)(CC[C@H]1[C@H]4[C@H](O)C[C@@]2(O)CC=CC(=O)[C@]12C)C(=O)O[C@@]35C. The average Bonchev–Trinajstić information content (AvgIpc) is 3.17. The number of aliphatic hydroxyl groups is 3. The maximum absolute atomic E-state index is 14.9. The van der Waals surface area contributed by atoms with Gasteiger partial charge in [-0.3, -0.25) is 14.4 Å². The van der Waals surface area contributed by atoms with Gasteiger partial charge in [0.25, 0.3) is 0 Å². The number of allylic oxidation sites excluding steroid dienone is 1. The van der Waals surface area contributed by atoms with Crippen molar-refractivity contribution in [3.05, 3.63) is 12.2 Å². The maximum Gasteiger partial charge on any atom is 0.342 e. The highest BCUT2D eigenvalue weighted by Crippen LogP contribution is 2.75. The van der Waals surface area contributed by atoms with Gasteiger partial charge in [0.15, 0.2) is 28.4 Å². The summed E-state index contributed by atoms with van der Waals surface area (Å²) < 4.78 is 24.8. The molecular weight excluding hydrogens is 512 g/mol. The van der Waals surface area contributed by atoms with Crippen molar-refractivity contribution in [2.45, 2.75) is 93.3 Å². The van der Waals surface area contributed by atoms with Crippen molar-refractivity contribution in [3.8, 4) is 0 Å². The monoisotopic (exact) mass is 544 g/mol. The molecule has 0 aromatic heterocycles. The summed E-state index contributed by atoms with van der Waals surface area (Å²) in [5, 5.41) is 35.9. The lowest BCUT2D eigenvalue weighted by atomic mass is 9.46. The summed E-state index contributed by atoms with van der Waals surface area (Å²) in [7, 11) is 0. The molecule has 3 aliphatic carbocycles. The Balaban J connectivity index is 1.44. The smallest absolute Gasteiger partial charge is 0.342 e. The number of carbonyl (C=O) groups is 4. The Morgan fingerprint density at radius 1 is 1.05 bits per heavy atom. The molecule has 8 aliphatic rings. The lowest BCUT2D eigenvalue weighted by Gasteiger charge is -2.64. The van der Waals surface area contributed by atoms with Gasteiger partial charge >= 0.3 is 11.9 Å². The highest BCUT2D eigenvalue weighted by Gasteiger charge is 2.93. The Kier molecular flexibility index (Phi) is 4.09. The van der Waals surface area contributed by atoms with Gasteiger partial charge in [-0.25, -0.2) is 4.79 Å². The third-order valence-electron chi connectivity index (χ3n) is 12.6. The van der Waals surface area contributed by atoms with E-state index in [9.17, 15) is 34.5 Å². The molecule has 0 radical (unpaired) electrons. The van der Waals surface area contributed by atoms with Gasteiger partial charge in [-0.15, -0.1) is 0 Å². The Bertz CT molecular complexity index is 1330. The molecule has 5 heterocycles. The molecule has 0 aromatic rings. The Hall–Kier alpha value is -2.18. The van der Waals surface area contributed by atoms with Crippen LogP contribution in [0.25, 0.3) is 0 Å². The molecule has 0 unspecified atom stereocenters. The normalized spacial score (nSPS) is 62.0. The molecule has 5 aliphatic heterocycles. The van der Waals surface area contributed by atoms with E-state index in [0.717, 1.165) is 0 Å². The second kappa shape index (κ2) is 6.49. The minimum atomic E-state index is -2.34.